The van der Waals surface area contributed by atoms with Crippen LogP contribution in [0, 0.1) is 17.6 Å². The van der Waals surface area contributed by atoms with E-state index in [0.29, 0.717) is 30.5 Å². The van der Waals surface area contributed by atoms with E-state index in [1.807, 2.05) is 0 Å². The molecule has 2 aromatic rings. The molecule has 1 aliphatic heterocycles. The van der Waals surface area contributed by atoms with E-state index in [-0.39, 0.29) is 29.5 Å². The van der Waals surface area contributed by atoms with Crippen LogP contribution in [0.4, 0.5) is 8.78 Å². The van der Waals surface area contributed by atoms with Gasteiger partial charge in [-0.25, -0.2) is 21.9 Å². The van der Waals surface area contributed by atoms with Crippen molar-refractivity contribution in [3.8, 4) is 5.69 Å². The fourth-order valence-corrected chi connectivity index (χ4v) is 5.84. The summed E-state index contributed by atoms with van der Waals surface area (Å²) in [7, 11) is -3.08. The number of hydrazine groups is 1. The van der Waals surface area contributed by atoms with Crippen molar-refractivity contribution < 1.29 is 26.8 Å². The van der Waals surface area contributed by atoms with Crippen molar-refractivity contribution in [1.82, 2.24) is 20.6 Å². The first kappa shape index (κ1) is 20.5. The molecule has 0 radical (unpaired) electrons. The van der Waals surface area contributed by atoms with Crippen LogP contribution in [0.25, 0.3) is 5.69 Å². The third-order valence-corrected chi connectivity index (χ3v) is 7.25. The maximum absolute atomic E-state index is 13.6. The zero-order valence-electron chi connectivity index (χ0n) is 16.0. The van der Waals surface area contributed by atoms with Gasteiger partial charge < -0.3 is 0 Å². The Morgan fingerprint density at radius 2 is 1.97 bits per heavy atom. The Kier molecular flexibility index (Phi) is 5.31. The number of carbonyl (C=O) groups excluding carboxylic acids is 2. The lowest BCUT2D eigenvalue weighted by molar-refractivity contribution is -0.122. The molecule has 2 N–H and O–H groups in total. The van der Waals surface area contributed by atoms with Crippen molar-refractivity contribution in [2.24, 2.45) is 5.92 Å². The van der Waals surface area contributed by atoms with Crippen LogP contribution in [0.5, 0.6) is 0 Å². The number of nitrogens with one attached hydrogen (secondary N) is 2. The molecule has 1 saturated heterocycles. The van der Waals surface area contributed by atoms with Gasteiger partial charge in [-0.2, -0.15) is 5.10 Å². The highest BCUT2D eigenvalue weighted by molar-refractivity contribution is 7.91. The van der Waals surface area contributed by atoms with Gasteiger partial charge in [0.25, 0.3) is 5.91 Å². The smallest absolute Gasteiger partial charge is 0.273 e. The predicted molar refractivity (Wildman–Crippen MR) is 102 cm³/mol. The number of halogens is 2. The average molecular weight is 438 g/mol. The molecule has 1 aromatic carbocycles. The number of aromatic nitrogens is 2. The highest BCUT2D eigenvalue weighted by atomic mass is 32.2. The lowest BCUT2D eigenvalue weighted by Gasteiger charge is -2.09. The van der Waals surface area contributed by atoms with Crippen LogP contribution in [0.1, 0.15) is 41.0 Å². The van der Waals surface area contributed by atoms with E-state index in [1.54, 1.807) is 0 Å². The summed E-state index contributed by atoms with van der Waals surface area (Å²) in [6.45, 7) is 0. The highest BCUT2D eigenvalue weighted by Gasteiger charge is 2.30. The fraction of sp³-hybridized carbons (Fsp3) is 0.421. The topological polar surface area (TPSA) is 110 Å². The van der Waals surface area contributed by atoms with E-state index in [4.69, 9.17) is 0 Å². The van der Waals surface area contributed by atoms with Gasteiger partial charge in [0, 0.05) is 23.7 Å². The molecule has 30 heavy (non-hydrogen) atoms. The van der Waals surface area contributed by atoms with Crippen LogP contribution in [0.15, 0.2) is 18.2 Å². The maximum Gasteiger partial charge on any atom is 0.290 e. The van der Waals surface area contributed by atoms with Gasteiger partial charge in [-0.15, -0.1) is 0 Å². The second kappa shape index (κ2) is 7.78. The Hall–Kier alpha value is -2.82. The Morgan fingerprint density at radius 1 is 1.17 bits per heavy atom. The molecule has 160 valence electrons. The molecule has 2 amide bonds. The minimum atomic E-state index is -3.08. The minimum absolute atomic E-state index is 0.000907. The summed E-state index contributed by atoms with van der Waals surface area (Å²) < 4.78 is 51.3. The Morgan fingerprint density at radius 3 is 2.67 bits per heavy atom. The second-order valence-electron chi connectivity index (χ2n) is 7.61. The van der Waals surface area contributed by atoms with Crippen LogP contribution in [0.3, 0.4) is 0 Å². The van der Waals surface area contributed by atoms with Crippen LogP contribution >= 0.6 is 0 Å². The van der Waals surface area contributed by atoms with Crippen LogP contribution in [0.2, 0.25) is 0 Å². The van der Waals surface area contributed by atoms with Gasteiger partial charge in [0.05, 0.1) is 17.2 Å². The summed E-state index contributed by atoms with van der Waals surface area (Å²) in [5.74, 6) is -3.31. The Labute approximate surface area is 171 Å². The summed E-state index contributed by atoms with van der Waals surface area (Å²) in [6.07, 6.45) is 2.46. The highest BCUT2D eigenvalue weighted by Crippen LogP contribution is 2.28. The number of carbonyl (C=O) groups is 2. The summed E-state index contributed by atoms with van der Waals surface area (Å²) in [4.78, 5) is 24.6. The van der Waals surface area contributed by atoms with Gasteiger partial charge >= 0.3 is 0 Å². The van der Waals surface area contributed by atoms with Crippen LogP contribution in [-0.2, 0) is 27.5 Å². The number of amides is 2. The van der Waals surface area contributed by atoms with Crippen molar-refractivity contribution in [1.29, 1.82) is 0 Å². The van der Waals surface area contributed by atoms with E-state index >= 15 is 0 Å². The molecule has 2 aliphatic rings. The number of hydrogen-bond donors (Lipinski definition) is 2. The molecular weight excluding hydrogens is 418 g/mol. The summed E-state index contributed by atoms with van der Waals surface area (Å²) in [5.41, 5.74) is 6.47. The minimum Gasteiger partial charge on any atom is -0.273 e. The molecule has 1 atom stereocenters. The molecule has 1 fully saturated rings. The largest absolute Gasteiger partial charge is 0.290 e. The van der Waals surface area contributed by atoms with Crippen molar-refractivity contribution in [3.63, 3.8) is 0 Å². The van der Waals surface area contributed by atoms with Crippen LogP contribution in [-0.4, -0.2) is 41.5 Å². The van der Waals surface area contributed by atoms with Crippen molar-refractivity contribution in [3.05, 3.63) is 46.8 Å². The molecule has 1 aromatic heterocycles. The van der Waals surface area contributed by atoms with Gasteiger partial charge in [-0.3, -0.25) is 20.4 Å². The molecular formula is C19H20F2N4O4S. The number of nitrogens with zero attached hydrogens (tertiary/aromatic N) is 2. The van der Waals surface area contributed by atoms with Gasteiger partial charge in [0.2, 0.25) is 5.91 Å². The van der Waals surface area contributed by atoms with Gasteiger partial charge in [-0.05, 0) is 43.7 Å². The molecule has 2 heterocycles. The zero-order valence-corrected chi connectivity index (χ0v) is 16.8. The van der Waals surface area contributed by atoms with E-state index in [9.17, 15) is 26.8 Å². The first-order valence-corrected chi connectivity index (χ1v) is 11.4. The van der Waals surface area contributed by atoms with Crippen molar-refractivity contribution in [2.75, 3.05) is 11.5 Å². The first-order chi connectivity index (χ1) is 14.2. The molecule has 1 aliphatic carbocycles. The molecule has 1 unspecified atom stereocenters. The number of rotatable bonds is 4. The fourth-order valence-electron chi connectivity index (χ4n) is 3.98. The standard InChI is InChI=1S/C19H20F2N4O4S/c20-14-5-4-12(9-15(14)21)25-16-3-1-2-13(16)18(24-25)19(27)23-22-17(26)8-11-6-7-30(28,29)10-11/h4-5,9,11H,1-3,6-8,10H2,(H,22,26)(H,23,27). The third kappa shape index (κ3) is 4.07. The molecule has 0 saturated carbocycles. The molecule has 0 bridgehead atoms. The van der Waals surface area contributed by atoms with E-state index in [0.717, 1.165) is 24.2 Å². The van der Waals surface area contributed by atoms with Crippen molar-refractivity contribution in [2.45, 2.75) is 32.1 Å². The normalized spacial score (nSPS) is 19.5. The van der Waals surface area contributed by atoms with Crippen LogP contribution < -0.4 is 10.9 Å². The third-order valence-electron chi connectivity index (χ3n) is 5.41. The average Bonchev–Trinajstić information content (AvgIpc) is 3.37. The van der Waals surface area contributed by atoms with Crippen molar-refractivity contribution >= 4 is 21.7 Å². The molecule has 8 nitrogen and oxygen atoms in total. The van der Waals surface area contributed by atoms with E-state index in [2.05, 4.69) is 16.0 Å². The van der Waals surface area contributed by atoms with Gasteiger partial charge in [0.1, 0.15) is 0 Å². The summed E-state index contributed by atoms with van der Waals surface area (Å²) in [5, 5.41) is 4.26. The lowest BCUT2D eigenvalue weighted by Crippen LogP contribution is -2.42. The molecule has 4 rings (SSSR count). The predicted octanol–water partition coefficient (Wildman–Crippen LogP) is 1.22. The quantitative estimate of drug-likeness (QED) is 0.698. The molecule has 11 heteroatoms. The zero-order chi connectivity index (χ0) is 21.5. The van der Waals surface area contributed by atoms with E-state index in [1.165, 1.54) is 10.7 Å². The number of benzene rings is 1. The monoisotopic (exact) mass is 438 g/mol. The van der Waals surface area contributed by atoms with Gasteiger partial charge in [0.15, 0.2) is 27.2 Å². The summed E-state index contributed by atoms with van der Waals surface area (Å²) in [6, 6.07) is 3.39. The van der Waals surface area contributed by atoms with Gasteiger partial charge in [-0.1, -0.05) is 0 Å². The molecule has 0 spiro atoms. The number of sulfone groups is 1. The number of hydrogen-bond acceptors (Lipinski definition) is 5. The maximum atomic E-state index is 13.6. The first-order valence-electron chi connectivity index (χ1n) is 9.59. The lowest BCUT2D eigenvalue weighted by atomic mass is 10.1. The Bertz CT molecular complexity index is 1130. The number of fused-ring (bicyclic) bond motifs is 1. The second-order valence-corrected chi connectivity index (χ2v) is 9.84. The Balaban J connectivity index is 1.45. The van der Waals surface area contributed by atoms with E-state index < -0.39 is 33.3 Å². The SMILES string of the molecule is O=C(CC1CCS(=O)(=O)C1)NNC(=O)c1nn(-c2ccc(F)c(F)c2)c2c1CCC2. The summed E-state index contributed by atoms with van der Waals surface area (Å²) >= 11 is 0.